The van der Waals surface area contributed by atoms with Crippen LogP contribution < -0.4 is 5.73 Å². The second-order valence-electron chi connectivity index (χ2n) is 5.21. The average Bonchev–Trinajstić information content (AvgIpc) is 2.27. The Morgan fingerprint density at radius 1 is 1.33 bits per heavy atom. The molecule has 1 rings (SSSR count). The van der Waals surface area contributed by atoms with E-state index in [1.807, 2.05) is 45.0 Å². The predicted molar refractivity (Wildman–Crippen MR) is 74.1 cm³/mol. The summed E-state index contributed by atoms with van der Waals surface area (Å²) in [6.45, 7) is 5.89. The molecule has 0 aliphatic heterocycles. The Morgan fingerprint density at radius 3 is 2.33 bits per heavy atom. The molecule has 0 saturated heterocycles. The van der Waals surface area contributed by atoms with Crippen LogP contribution in [0.3, 0.4) is 0 Å². The van der Waals surface area contributed by atoms with Gasteiger partial charge in [-0.1, -0.05) is 24.3 Å². The highest BCUT2D eigenvalue weighted by Gasteiger charge is 2.11. The van der Waals surface area contributed by atoms with Gasteiger partial charge in [0, 0.05) is 11.6 Å². The predicted octanol–water partition coefficient (Wildman–Crippen LogP) is 2.54. The van der Waals surface area contributed by atoms with Gasteiger partial charge < -0.3 is 10.5 Å². The number of carbonyl (C=O) groups is 1. The largest absolute Gasteiger partial charge is 0.466 e. The van der Waals surface area contributed by atoms with Crippen molar-refractivity contribution in [3.63, 3.8) is 0 Å². The fraction of sp³-hybridized carbons (Fsp3) is 0.400. The van der Waals surface area contributed by atoms with Crippen molar-refractivity contribution < 1.29 is 9.53 Å². The molecule has 0 fully saturated rings. The number of methoxy groups -OCH3 is 1. The van der Waals surface area contributed by atoms with Gasteiger partial charge in [0.1, 0.15) is 0 Å². The molecular weight excluding hydrogens is 226 g/mol. The Labute approximate surface area is 109 Å². The number of hydrogen-bond acceptors (Lipinski definition) is 3. The quantitative estimate of drug-likeness (QED) is 0.657. The summed E-state index contributed by atoms with van der Waals surface area (Å²) in [6.07, 6.45) is 2.31. The van der Waals surface area contributed by atoms with Crippen molar-refractivity contribution in [2.24, 2.45) is 5.73 Å². The molecule has 0 radical (unpaired) electrons. The van der Waals surface area contributed by atoms with E-state index in [-0.39, 0.29) is 11.5 Å². The molecule has 1 aromatic rings. The van der Waals surface area contributed by atoms with Gasteiger partial charge in [0.15, 0.2) is 0 Å². The Balaban J connectivity index is 2.83. The highest BCUT2D eigenvalue weighted by atomic mass is 16.5. The number of carbonyl (C=O) groups excluding carboxylic acids is 1. The van der Waals surface area contributed by atoms with Crippen LogP contribution in [-0.2, 0) is 16.0 Å². The first kappa shape index (κ1) is 14.5. The number of rotatable bonds is 4. The minimum absolute atomic E-state index is 0.210. The van der Waals surface area contributed by atoms with Crippen molar-refractivity contribution in [2.45, 2.75) is 32.7 Å². The summed E-state index contributed by atoms with van der Waals surface area (Å²) in [5.41, 5.74) is 8.86. The fourth-order valence-electron chi connectivity index (χ4n) is 1.73. The molecule has 0 aromatic heterocycles. The minimum Gasteiger partial charge on any atom is -0.466 e. The molecule has 0 aliphatic carbocycles. The van der Waals surface area contributed by atoms with Crippen LogP contribution in [0, 0.1) is 0 Å². The summed E-state index contributed by atoms with van der Waals surface area (Å²) < 4.78 is 4.60. The molecule has 0 heterocycles. The molecule has 0 aliphatic rings. The zero-order valence-electron chi connectivity index (χ0n) is 11.5. The SMILES string of the molecule is COC(=O)C=C(C)c1ccc(CC(C)(C)N)cc1. The summed E-state index contributed by atoms with van der Waals surface area (Å²) >= 11 is 0. The van der Waals surface area contributed by atoms with Gasteiger partial charge in [-0.3, -0.25) is 0 Å². The van der Waals surface area contributed by atoms with E-state index < -0.39 is 0 Å². The molecule has 3 heteroatoms. The number of allylic oxidation sites excluding steroid dienone is 1. The van der Waals surface area contributed by atoms with Crippen LogP contribution >= 0.6 is 0 Å². The first-order valence-corrected chi connectivity index (χ1v) is 5.96. The first-order chi connectivity index (χ1) is 8.31. The summed E-state index contributed by atoms with van der Waals surface area (Å²) in [5.74, 6) is -0.334. The second-order valence-corrected chi connectivity index (χ2v) is 5.21. The van der Waals surface area contributed by atoms with Crippen molar-refractivity contribution in [3.05, 3.63) is 41.5 Å². The molecule has 18 heavy (non-hydrogen) atoms. The van der Waals surface area contributed by atoms with Crippen molar-refractivity contribution in [3.8, 4) is 0 Å². The maximum atomic E-state index is 11.1. The van der Waals surface area contributed by atoms with Gasteiger partial charge >= 0.3 is 5.97 Å². The Kier molecular flexibility index (Phi) is 4.68. The lowest BCUT2D eigenvalue weighted by molar-refractivity contribution is -0.134. The number of ether oxygens (including phenoxy) is 1. The van der Waals surface area contributed by atoms with Gasteiger partial charge in [0.25, 0.3) is 0 Å². The Hall–Kier alpha value is -1.61. The van der Waals surface area contributed by atoms with Crippen molar-refractivity contribution in [1.29, 1.82) is 0 Å². The lowest BCUT2D eigenvalue weighted by atomic mass is 9.95. The van der Waals surface area contributed by atoms with Gasteiger partial charge in [-0.05, 0) is 43.9 Å². The second kappa shape index (κ2) is 5.83. The topological polar surface area (TPSA) is 52.3 Å². The molecule has 0 atom stereocenters. The Bertz CT molecular complexity index is 439. The van der Waals surface area contributed by atoms with Crippen LogP contribution in [0.4, 0.5) is 0 Å². The van der Waals surface area contributed by atoms with E-state index in [9.17, 15) is 4.79 Å². The van der Waals surface area contributed by atoms with Crippen LogP contribution in [0.1, 0.15) is 31.9 Å². The van der Waals surface area contributed by atoms with E-state index in [0.29, 0.717) is 0 Å². The lowest BCUT2D eigenvalue weighted by Crippen LogP contribution is -2.34. The van der Waals surface area contributed by atoms with E-state index in [1.165, 1.54) is 18.7 Å². The number of hydrogen-bond donors (Lipinski definition) is 1. The third-order valence-corrected chi connectivity index (χ3v) is 2.60. The molecule has 0 bridgehead atoms. The van der Waals surface area contributed by atoms with Gasteiger partial charge in [-0.15, -0.1) is 0 Å². The molecule has 0 unspecified atom stereocenters. The van der Waals surface area contributed by atoms with Crippen molar-refractivity contribution >= 4 is 11.5 Å². The maximum Gasteiger partial charge on any atom is 0.330 e. The molecule has 0 saturated carbocycles. The third kappa shape index (κ3) is 4.72. The van der Waals surface area contributed by atoms with E-state index >= 15 is 0 Å². The van der Waals surface area contributed by atoms with Crippen LogP contribution in [0.25, 0.3) is 5.57 Å². The van der Waals surface area contributed by atoms with Crippen molar-refractivity contribution in [1.82, 2.24) is 0 Å². The molecule has 2 N–H and O–H groups in total. The van der Waals surface area contributed by atoms with Crippen molar-refractivity contribution in [2.75, 3.05) is 7.11 Å². The highest BCUT2D eigenvalue weighted by molar-refractivity contribution is 5.90. The molecule has 3 nitrogen and oxygen atoms in total. The van der Waals surface area contributed by atoms with Crippen LogP contribution in [0.15, 0.2) is 30.3 Å². The summed E-state index contributed by atoms with van der Waals surface area (Å²) in [4.78, 5) is 11.1. The normalized spacial score (nSPS) is 12.4. The minimum atomic E-state index is -0.334. The zero-order chi connectivity index (χ0) is 13.8. The van der Waals surface area contributed by atoms with Gasteiger partial charge in [-0.2, -0.15) is 0 Å². The highest BCUT2D eigenvalue weighted by Crippen LogP contribution is 2.17. The standard InChI is InChI=1S/C15H21NO2/c1-11(9-14(17)18-4)13-7-5-12(6-8-13)10-15(2,3)16/h5-9H,10,16H2,1-4H3. The van der Waals surface area contributed by atoms with Gasteiger partial charge in [0.05, 0.1) is 7.11 Å². The van der Waals surface area contributed by atoms with E-state index in [2.05, 4.69) is 4.74 Å². The number of benzene rings is 1. The molecule has 0 amide bonds. The molecular formula is C15H21NO2. The number of esters is 1. The summed E-state index contributed by atoms with van der Waals surface area (Å²) in [6, 6.07) is 8.07. The molecule has 98 valence electrons. The first-order valence-electron chi connectivity index (χ1n) is 5.96. The van der Waals surface area contributed by atoms with E-state index in [1.54, 1.807) is 0 Å². The third-order valence-electron chi connectivity index (χ3n) is 2.60. The smallest absolute Gasteiger partial charge is 0.330 e. The van der Waals surface area contributed by atoms with Crippen LogP contribution in [-0.4, -0.2) is 18.6 Å². The van der Waals surface area contributed by atoms with Crippen LogP contribution in [0.2, 0.25) is 0 Å². The zero-order valence-corrected chi connectivity index (χ0v) is 11.5. The maximum absolute atomic E-state index is 11.1. The van der Waals surface area contributed by atoms with E-state index in [4.69, 9.17) is 5.73 Å². The number of nitrogens with two attached hydrogens (primary N) is 1. The van der Waals surface area contributed by atoms with Crippen LogP contribution in [0.5, 0.6) is 0 Å². The average molecular weight is 247 g/mol. The summed E-state index contributed by atoms with van der Waals surface area (Å²) in [7, 11) is 1.37. The van der Waals surface area contributed by atoms with Gasteiger partial charge in [-0.25, -0.2) is 4.79 Å². The Morgan fingerprint density at radius 2 is 1.89 bits per heavy atom. The summed E-state index contributed by atoms with van der Waals surface area (Å²) in [5, 5.41) is 0. The lowest BCUT2D eigenvalue weighted by Gasteiger charge is -2.18. The molecule has 0 spiro atoms. The van der Waals surface area contributed by atoms with E-state index in [0.717, 1.165) is 17.6 Å². The monoisotopic (exact) mass is 247 g/mol. The fourth-order valence-corrected chi connectivity index (χ4v) is 1.73. The molecule has 1 aromatic carbocycles. The van der Waals surface area contributed by atoms with Gasteiger partial charge in [0.2, 0.25) is 0 Å².